The summed E-state index contributed by atoms with van der Waals surface area (Å²) in [6, 6.07) is 1.85. The molecule has 3 heterocycles. The molecule has 144 valence electrons. The number of alkyl halides is 3. The number of rotatable bonds is 4. The first kappa shape index (κ1) is 19.0. The summed E-state index contributed by atoms with van der Waals surface area (Å²) in [5.74, 6) is -1.26. The van der Waals surface area contributed by atoms with Gasteiger partial charge in [0.05, 0.1) is 17.8 Å². The summed E-state index contributed by atoms with van der Waals surface area (Å²) >= 11 is 0. The van der Waals surface area contributed by atoms with Crippen LogP contribution in [0.25, 0.3) is 0 Å². The van der Waals surface area contributed by atoms with Crippen molar-refractivity contribution in [3.8, 4) is 5.88 Å². The van der Waals surface area contributed by atoms with Gasteiger partial charge in [-0.1, -0.05) is 6.92 Å². The van der Waals surface area contributed by atoms with E-state index in [1.54, 1.807) is 6.92 Å². The Morgan fingerprint density at radius 2 is 2.07 bits per heavy atom. The number of nitrogens with zero attached hydrogens (tertiary/aromatic N) is 4. The molecule has 1 amide bonds. The van der Waals surface area contributed by atoms with Crippen molar-refractivity contribution in [2.75, 3.05) is 13.1 Å². The van der Waals surface area contributed by atoms with E-state index in [2.05, 4.69) is 15.0 Å². The Hall–Kier alpha value is -2.78. The standard InChI is InChI=1S/C17H16F4N4O2/c1-2-12-14(18)15(24-9-23-12)27-11-5-6-25(8-11)16(26)10-3-4-13(22-7-10)17(19,20)21/h3-4,7,9,11H,2,5-6,8H2,1H3/t11-/m0/s1. The third-order valence-corrected chi connectivity index (χ3v) is 4.18. The van der Waals surface area contributed by atoms with Crippen molar-refractivity contribution < 1.29 is 27.1 Å². The lowest BCUT2D eigenvalue weighted by molar-refractivity contribution is -0.141. The summed E-state index contributed by atoms with van der Waals surface area (Å²) in [4.78, 5) is 24.7. The van der Waals surface area contributed by atoms with E-state index in [0.29, 0.717) is 19.4 Å². The zero-order chi connectivity index (χ0) is 19.6. The maximum Gasteiger partial charge on any atom is 0.433 e. The quantitative estimate of drug-likeness (QED) is 0.759. The number of hydrogen-bond donors (Lipinski definition) is 0. The molecule has 0 bridgehead atoms. The summed E-state index contributed by atoms with van der Waals surface area (Å²) in [6.45, 7) is 2.26. The Morgan fingerprint density at radius 3 is 2.70 bits per heavy atom. The van der Waals surface area contributed by atoms with Crippen molar-refractivity contribution in [1.29, 1.82) is 0 Å². The number of pyridine rings is 1. The summed E-state index contributed by atoms with van der Waals surface area (Å²) < 4.78 is 57.3. The molecule has 2 aromatic rings. The van der Waals surface area contributed by atoms with Gasteiger partial charge in [-0.3, -0.25) is 9.78 Å². The Kier molecular flexibility index (Phi) is 5.24. The first-order valence-electron chi connectivity index (χ1n) is 8.28. The van der Waals surface area contributed by atoms with Crippen LogP contribution in [0.1, 0.15) is 35.1 Å². The molecule has 1 saturated heterocycles. The number of carbonyl (C=O) groups excluding carboxylic acids is 1. The number of aromatic nitrogens is 3. The first-order valence-corrected chi connectivity index (χ1v) is 8.28. The Balaban J connectivity index is 1.65. The SMILES string of the molecule is CCc1ncnc(O[C@H]2CCN(C(=O)c3ccc(C(F)(F)F)nc3)C2)c1F. The van der Waals surface area contributed by atoms with Gasteiger partial charge in [0.25, 0.3) is 11.8 Å². The number of halogens is 4. The van der Waals surface area contributed by atoms with Gasteiger partial charge in [-0.15, -0.1) is 0 Å². The molecule has 0 aromatic carbocycles. The highest BCUT2D eigenvalue weighted by molar-refractivity contribution is 5.94. The van der Waals surface area contributed by atoms with Crippen molar-refractivity contribution in [3.63, 3.8) is 0 Å². The van der Waals surface area contributed by atoms with Crippen LogP contribution < -0.4 is 4.74 Å². The van der Waals surface area contributed by atoms with Crippen molar-refractivity contribution in [2.45, 2.75) is 32.0 Å². The second-order valence-electron chi connectivity index (χ2n) is 6.00. The van der Waals surface area contributed by atoms with E-state index in [1.165, 1.54) is 11.2 Å². The monoisotopic (exact) mass is 384 g/mol. The fourth-order valence-electron chi connectivity index (χ4n) is 2.75. The first-order chi connectivity index (χ1) is 12.8. The van der Waals surface area contributed by atoms with Gasteiger partial charge in [-0.25, -0.2) is 4.98 Å². The molecule has 0 unspecified atom stereocenters. The van der Waals surface area contributed by atoms with E-state index in [-0.39, 0.29) is 23.7 Å². The van der Waals surface area contributed by atoms with Crippen LogP contribution in [0.4, 0.5) is 17.6 Å². The Morgan fingerprint density at radius 1 is 1.30 bits per heavy atom. The molecule has 2 aromatic heterocycles. The zero-order valence-corrected chi connectivity index (χ0v) is 14.3. The van der Waals surface area contributed by atoms with E-state index < -0.39 is 29.7 Å². The molecule has 0 saturated carbocycles. The summed E-state index contributed by atoms with van der Waals surface area (Å²) in [5.41, 5.74) is -0.778. The second-order valence-corrected chi connectivity index (χ2v) is 6.00. The van der Waals surface area contributed by atoms with E-state index in [1.807, 2.05) is 0 Å². The van der Waals surface area contributed by atoms with Crippen LogP contribution in [-0.2, 0) is 12.6 Å². The van der Waals surface area contributed by atoms with Crippen LogP contribution in [0, 0.1) is 5.82 Å². The van der Waals surface area contributed by atoms with Crippen LogP contribution in [-0.4, -0.2) is 45.0 Å². The van der Waals surface area contributed by atoms with E-state index >= 15 is 0 Å². The topological polar surface area (TPSA) is 68.2 Å². The predicted octanol–water partition coefficient (Wildman–Crippen LogP) is 2.89. The van der Waals surface area contributed by atoms with Gasteiger partial charge >= 0.3 is 6.18 Å². The van der Waals surface area contributed by atoms with Crippen molar-refractivity contribution in [2.24, 2.45) is 0 Å². The molecule has 0 radical (unpaired) electrons. The molecule has 0 aliphatic carbocycles. The number of amides is 1. The minimum absolute atomic E-state index is 0.0464. The number of aryl methyl sites for hydroxylation is 1. The smallest absolute Gasteiger partial charge is 0.433 e. The van der Waals surface area contributed by atoms with Crippen LogP contribution >= 0.6 is 0 Å². The molecular weight excluding hydrogens is 368 g/mol. The van der Waals surface area contributed by atoms with Gasteiger partial charge in [-0.2, -0.15) is 22.5 Å². The number of likely N-dealkylation sites (tertiary alicyclic amines) is 1. The molecule has 0 spiro atoms. The largest absolute Gasteiger partial charge is 0.470 e. The normalized spacial score (nSPS) is 17.2. The van der Waals surface area contributed by atoms with E-state index in [0.717, 1.165) is 18.3 Å². The minimum Gasteiger partial charge on any atom is -0.470 e. The maximum atomic E-state index is 14.2. The highest BCUT2D eigenvalue weighted by atomic mass is 19.4. The predicted molar refractivity (Wildman–Crippen MR) is 85.5 cm³/mol. The third-order valence-electron chi connectivity index (χ3n) is 4.18. The third kappa shape index (κ3) is 4.15. The molecule has 0 N–H and O–H groups in total. The van der Waals surface area contributed by atoms with Gasteiger partial charge in [0.15, 0.2) is 0 Å². The van der Waals surface area contributed by atoms with Gasteiger partial charge < -0.3 is 9.64 Å². The molecular formula is C17H16F4N4O2. The molecule has 1 aliphatic heterocycles. The lowest BCUT2D eigenvalue weighted by Gasteiger charge is -2.17. The fraction of sp³-hybridized carbons (Fsp3) is 0.412. The lowest BCUT2D eigenvalue weighted by Crippen LogP contribution is -2.31. The molecule has 6 nitrogen and oxygen atoms in total. The molecule has 10 heteroatoms. The molecule has 1 fully saturated rings. The van der Waals surface area contributed by atoms with Gasteiger partial charge in [0.1, 0.15) is 18.1 Å². The van der Waals surface area contributed by atoms with E-state index in [4.69, 9.17) is 4.74 Å². The average Bonchev–Trinajstić information content (AvgIpc) is 3.11. The zero-order valence-electron chi connectivity index (χ0n) is 14.3. The highest BCUT2D eigenvalue weighted by Gasteiger charge is 2.33. The number of ether oxygens (including phenoxy) is 1. The van der Waals surface area contributed by atoms with Crippen molar-refractivity contribution in [3.05, 3.63) is 47.4 Å². The van der Waals surface area contributed by atoms with Gasteiger partial charge in [0, 0.05) is 19.2 Å². The summed E-state index contributed by atoms with van der Waals surface area (Å²) in [7, 11) is 0. The van der Waals surface area contributed by atoms with Gasteiger partial charge in [-0.05, 0) is 18.6 Å². The van der Waals surface area contributed by atoms with Crippen molar-refractivity contribution >= 4 is 5.91 Å². The van der Waals surface area contributed by atoms with Crippen LogP contribution in [0.15, 0.2) is 24.7 Å². The summed E-state index contributed by atoms with van der Waals surface area (Å²) in [6.07, 6.45) is -2.08. The average molecular weight is 384 g/mol. The highest BCUT2D eigenvalue weighted by Crippen LogP contribution is 2.27. The molecule has 3 rings (SSSR count). The molecule has 27 heavy (non-hydrogen) atoms. The maximum absolute atomic E-state index is 14.2. The summed E-state index contributed by atoms with van der Waals surface area (Å²) in [5, 5.41) is 0. The number of carbonyl (C=O) groups is 1. The lowest BCUT2D eigenvalue weighted by atomic mass is 10.2. The van der Waals surface area contributed by atoms with Crippen LogP contribution in [0.5, 0.6) is 5.88 Å². The Labute approximate surface area is 152 Å². The fourth-order valence-corrected chi connectivity index (χ4v) is 2.75. The Bertz CT molecular complexity index is 827. The number of hydrogen-bond acceptors (Lipinski definition) is 5. The second kappa shape index (κ2) is 7.45. The van der Waals surface area contributed by atoms with Crippen LogP contribution in [0.2, 0.25) is 0 Å². The minimum atomic E-state index is -4.56. The van der Waals surface area contributed by atoms with Crippen LogP contribution in [0.3, 0.4) is 0 Å². The molecule has 1 atom stereocenters. The van der Waals surface area contributed by atoms with Gasteiger partial charge in [0.2, 0.25) is 5.82 Å². The van der Waals surface area contributed by atoms with Crippen molar-refractivity contribution in [1.82, 2.24) is 19.9 Å². The van der Waals surface area contributed by atoms with E-state index in [9.17, 15) is 22.4 Å². The molecule has 1 aliphatic rings.